The fraction of sp³-hybridized carbons (Fsp3) is 0.561. The van der Waals surface area contributed by atoms with E-state index in [1.165, 1.54) is 64.1 Å². The van der Waals surface area contributed by atoms with Crippen molar-refractivity contribution in [3.8, 4) is 34.1 Å². The van der Waals surface area contributed by atoms with E-state index in [0.717, 1.165) is 111 Å². The van der Waals surface area contributed by atoms with Crippen LogP contribution >= 0.6 is 0 Å². The average molecular weight is 1170 g/mol. The van der Waals surface area contributed by atoms with Crippen molar-refractivity contribution in [2.45, 2.75) is 134 Å². The van der Waals surface area contributed by atoms with Gasteiger partial charge < -0.3 is 59.9 Å². The Kier molecular flexibility index (Phi) is 16.4. The Balaban J connectivity index is 0.521. The molecule has 4 aromatic heterocycles. The molecule has 1 spiro atoms. The third-order valence-corrected chi connectivity index (χ3v) is 20.5. The number of nitrogens with one attached hydrogen (secondary N) is 1. The van der Waals surface area contributed by atoms with Crippen LogP contribution < -0.4 is 30.5 Å². The number of aryl methyl sites for hydroxylation is 1. The molecule has 1 saturated carbocycles. The summed E-state index contributed by atoms with van der Waals surface area (Å²) in [5, 5.41) is 41.8. The zero-order chi connectivity index (χ0) is 59.2. The number of ether oxygens (including phenoxy) is 1. The first-order chi connectivity index (χ1) is 41.7. The minimum Gasteiger partial charge on any atom is -0.507 e. The van der Waals surface area contributed by atoms with Gasteiger partial charge in [-0.2, -0.15) is 5.10 Å². The van der Waals surface area contributed by atoms with Crippen LogP contribution in [0, 0.1) is 23.2 Å². The van der Waals surface area contributed by atoms with E-state index in [1.807, 2.05) is 93.3 Å². The quantitative estimate of drug-likeness (QED) is 0.0681. The number of piperidine rings is 3. The summed E-state index contributed by atoms with van der Waals surface area (Å²) in [6, 6.07) is 24.9. The number of amides is 2. The van der Waals surface area contributed by atoms with Gasteiger partial charge in [-0.3, -0.25) is 14.3 Å². The minimum absolute atomic E-state index is 0.0909. The summed E-state index contributed by atoms with van der Waals surface area (Å²) in [7, 11) is 1.91. The Morgan fingerprint density at radius 1 is 0.802 bits per heavy atom. The molecule has 20 nitrogen and oxygen atoms in total. The van der Waals surface area contributed by atoms with E-state index in [0.29, 0.717) is 46.3 Å². The van der Waals surface area contributed by atoms with Crippen molar-refractivity contribution in [1.29, 1.82) is 0 Å². The maximum Gasteiger partial charge on any atom is 0.243 e. The molecular formula is C66H86N14O6. The number of aromatic hydroxyl groups is 1. The first-order valence-electron chi connectivity index (χ1n) is 31.8. The number of hydrogen-bond acceptors (Lipinski definition) is 17. The number of nitrogens with zero attached hydrogens (tertiary/aromatic N) is 12. The molecule has 6 aromatic rings. The van der Waals surface area contributed by atoms with Gasteiger partial charge in [-0.15, -0.1) is 10.2 Å². The SMILES string of the molecule is CC(C)[C@@H](C(=O)N1C[C@H](O)C[C@H]1C(=O)N[C@@H](C)c1ccc(-c2ccnn2C)cc1)c1cc(N2CCC(CN3CCC(CN4CCC5(CC4)CC(Oc4cc(N6C7CCC6CN(c6cc(-c8ccccc8O)nnc6N)C7)ccn4)C5)CC3)CC2)no1. The molecule has 7 fully saturated rings. The van der Waals surface area contributed by atoms with E-state index in [1.54, 1.807) is 23.2 Å². The molecule has 10 heterocycles. The third-order valence-electron chi connectivity index (χ3n) is 20.5. The molecule has 20 heteroatoms. The Morgan fingerprint density at radius 2 is 1.50 bits per heavy atom. The van der Waals surface area contributed by atoms with Crippen LogP contribution in [0.25, 0.3) is 22.5 Å². The van der Waals surface area contributed by atoms with Gasteiger partial charge in [0.05, 0.1) is 29.2 Å². The number of pyridine rings is 1. The van der Waals surface area contributed by atoms with Gasteiger partial charge in [-0.05, 0) is 162 Å². The van der Waals surface area contributed by atoms with Crippen LogP contribution in [0.1, 0.15) is 115 Å². The van der Waals surface area contributed by atoms with Gasteiger partial charge in [-0.25, -0.2) is 4.98 Å². The number of β-amino-alcohol motifs (C(OH)–C–C–N with tert-alkyl or cyclic N) is 1. The van der Waals surface area contributed by atoms with E-state index >= 15 is 0 Å². The first kappa shape index (κ1) is 57.8. The van der Waals surface area contributed by atoms with Crippen molar-refractivity contribution in [3.63, 3.8) is 0 Å². The van der Waals surface area contributed by atoms with Gasteiger partial charge in [0.2, 0.25) is 17.7 Å². The standard InChI is InChI=1S/C66H86N14O6/c1-42(2)62(65(84)79-41-51(81)32-57(79)64(83)70-43(3)46-9-11-47(12-10-46)55-16-24-69-74(55)4)59-34-60(73-86-59)77-27-19-45(20-28-77)37-75-25-17-44(18-26-75)38-76-29-21-66(22-30-76)35-52(36-66)85-61-31-48(15-23-68-61)80-49-13-14-50(80)40-78(39-49)56-33-54(71-72-63(56)67)53-7-5-6-8-58(53)82/h5-12,15-16,23-24,31,33-34,42-45,49-52,57,62,81-82H,13-14,17-22,25-30,32,35-41H2,1-4H3,(H2,67,72)(H,70,83)/t43-,49?,50?,51+,57-,62+/m0/s1. The average Bonchev–Trinajstić information content (AvgIpc) is 2.65. The molecule has 86 heavy (non-hydrogen) atoms. The van der Waals surface area contributed by atoms with Gasteiger partial charge in [0.15, 0.2) is 17.4 Å². The highest BCUT2D eigenvalue weighted by Crippen LogP contribution is 2.51. The van der Waals surface area contributed by atoms with Crippen molar-refractivity contribution in [1.82, 2.24) is 50.1 Å². The van der Waals surface area contributed by atoms with Crippen LogP contribution in [0.2, 0.25) is 0 Å². The minimum atomic E-state index is -0.798. The van der Waals surface area contributed by atoms with E-state index in [9.17, 15) is 19.8 Å². The lowest BCUT2D eigenvalue weighted by molar-refractivity contribution is -0.141. The maximum atomic E-state index is 14.4. The highest BCUT2D eigenvalue weighted by molar-refractivity contribution is 5.91. The molecular weight excluding hydrogens is 1080 g/mol. The smallest absolute Gasteiger partial charge is 0.243 e. The molecule has 456 valence electrons. The van der Waals surface area contributed by atoms with Crippen molar-refractivity contribution >= 4 is 34.8 Å². The molecule has 0 radical (unpaired) electrons. The van der Waals surface area contributed by atoms with Gasteiger partial charge in [0.1, 0.15) is 23.8 Å². The number of aromatic nitrogens is 6. The zero-order valence-corrected chi connectivity index (χ0v) is 50.5. The summed E-state index contributed by atoms with van der Waals surface area (Å²) < 4.78 is 14.4. The molecule has 2 unspecified atom stereocenters. The number of phenolic OH excluding ortho intramolecular Hbond substituents is 1. The lowest BCUT2D eigenvalue weighted by atomic mass is 9.61. The number of aliphatic hydroxyl groups is 1. The molecule has 6 saturated heterocycles. The van der Waals surface area contributed by atoms with Crippen molar-refractivity contribution in [3.05, 3.63) is 103 Å². The van der Waals surface area contributed by atoms with Crippen molar-refractivity contribution in [2.75, 3.05) is 92.4 Å². The Hall–Kier alpha value is -7.29. The Morgan fingerprint density at radius 3 is 2.19 bits per heavy atom. The summed E-state index contributed by atoms with van der Waals surface area (Å²) in [6.07, 6.45) is 14.9. The van der Waals surface area contributed by atoms with Crippen molar-refractivity contribution < 1.29 is 29.1 Å². The monoisotopic (exact) mass is 1170 g/mol. The van der Waals surface area contributed by atoms with Crippen LogP contribution in [-0.4, -0.2) is 169 Å². The molecule has 5 N–H and O–H groups in total. The number of carbonyl (C=O) groups is 2. The fourth-order valence-corrected chi connectivity index (χ4v) is 15.6. The summed E-state index contributed by atoms with van der Waals surface area (Å²) >= 11 is 0. The van der Waals surface area contributed by atoms with Crippen LogP contribution in [0.4, 0.5) is 23.0 Å². The number of para-hydroxylation sites is 1. The van der Waals surface area contributed by atoms with E-state index < -0.39 is 18.1 Å². The number of anilines is 4. The number of nitrogens with two attached hydrogens (primary N) is 1. The second kappa shape index (κ2) is 24.5. The van der Waals surface area contributed by atoms with Crippen LogP contribution in [0.15, 0.2) is 95.8 Å². The summed E-state index contributed by atoms with van der Waals surface area (Å²) in [4.78, 5) is 47.2. The van der Waals surface area contributed by atoms with Crippen LogP contribution in [0.3, 0.4) is 0 Å². The lowest BCUT2D eigenvalue weighted by Crippen LogP contribution is -2.54. The van der Waals surface area contributed by atoms with E-state index in [2.05, 4.69) is 62.4 Å². The highest BCUT2D eigenvalue weighted by atomic mass is 16.5. The number of likely N-dealkylation sites (tertiary alicyclic amines) is 3. The second-order valence-corrected chi connectivity index (χ2v) is 26.6. The number of phenols is 1. The number of hydrogen-bond donors (Lipinski definition) is 4. The van der Waals surface area contributed by atoms with E-state index in [4.69, 9.17) is 20.0 Å². The predicted molar refractivity (Wildman–Crippen MR) is 331 cm³/mol. The van der Waals surface area contributed by atoms with Crippen LogP contribution in [0.5, 0.6) is 11.6 Å². The van der Waals surface area contributed by atoms with Gasteiger partial charge in [-0.1, -0.05) is 55.4 Å². The summed E-state index contributed by atoms with van der Waals surface area (Å²) in [5.74, 6) is 2.68. The number of nitrogen functional groups attached to an aromatic ring is 1. The molecule has 13 rings (SSSR count). The second-order valence-electron chi connectivity index (χ2n) is 26.6. The number of benzene rings is 2. The zero-order valence-electron chi connectivity index (χ0n) is 50.5. The number of aliphatic hydroxyl groups excluding tert-OH is 1. The number of rotatable bonds is 17. The molecule has 2 aromatic carbocycles. The molecule has 1 aliphatic carbocycles. The van der Waals surface area contributed by atoms with Gasteiger partial charge >= 0.3 is 0 Å². The van der Waals surface area contributed by atoms with Crippen LogP contribution in [-0.2, 0) is 16.6 Å². The van der Waals surface area contributed by atoms with E-state index in [-0.39, 0.29) is 48.6 Å². The number of carbonyl (C=O) groups excluding carboxylic acids is 2. The highest BCUT2D eigenvalue weighted by Gasteiger charge is 2.48. The van der Waals surface area contributed by atoms with Gasteiger partial charge in [0.25, 0.3) is 0 Å². The third kappa shape index (κ3) is 12.1. The molecule has 6 aliphatic heterocycles. The number of fused-ring (bicyclic) bond motifs is 2. The summed E-state index contributed by atoms with van der Waals surface area (Å²) in [6.45, 7) is 16.5. The maximum absolute atomic E-state index is 14.4. The number of piperazine rings is 1. The molecule has 2 amide bonds. The largest absolute Gasteiger partial charge is 0.507 e. The predicted octanol–water partition coefficient (Wildman–Crippen LogP) is 7.90. The van der Waals surface area contributed by atoms with Crippen molar-refractivity contribution in [2.24, 2.45) is 30.2 Å². The van der Waals surface area contributed by atoms with Gasteiger partial charge in [0, 0.05) is 107 Å². The fourth-order valence-electron chi connectivity index (χ4n) is 15.6. The first-order valence-corrected chi connectivity index (χ1v) is 31.8. The normalized spacial score (nSPS) is 23.9. The lowest BCUT2D eigenvalue weighted by Gasteiger charge is -2.52. The molecule has 2 bridgehead atoms. The molecule has 7 aliphatic rings. The summed E-state index contributed by atoms with van der Waals surface area (Å²) in [5.41, 5.74) is 13.1. The molecule has 6 atom stereocenters. The topological polar surface area (TPSA) is 224 Å². The Bertz CT molecular complexity index is 3310. The Labute approximate surface area is 505 Å².